The quantitative estimate of drug-likeness (QED) is 0.620. The molecule has 0 fully saturated rings. The maximum Gasteiger partial charge on any atom is 0.233 e. The van der Waals surface area contributed by atoms with Crippen LogP contribution in [0.25, 0.3) is 11.5 Å². The Morgan fingerprint density at radius 3 is 2.63 bits per heavy atom. The summed E-state index contributed by atoms with van der Waals surface area (Å²) in [6.45, 7) is 2.44. The number of methoxy groups -OCH3 is 1. The monoisotopic (exact) mass is 390 g/mol. The molecule has 0 saturated carbocycles. The zero-order valence-corrected chi connectivity index (χ0v) is 15.7. The number of aryl methyl sites for hydroxylation is 1. The molecule has 0 unspecified atom stereocenters. The molecule has 0 spiro atoms. The summed E-state index contributed by atoms with van der Waals surface area (Å²) in [5.74, 6) is -0.439. The van der Waals surface area contributed by atoms with E-state index in [-0.39, 0.29) is 21.7 Å². The van der Waals surface area contributed by atoms with E-state index in [9.17, 15) is 12.8 Å². The van der Waals surface area contributed by atoms with E-state index >= 15 is 0 Å². The second-order valence-electron chi connectivity index (χ2n) is 5.85. The molecule has 0 atom stereocenters. The van der Waals surface area contributed by atoms with Crippen LogP contribution in [-0.2, 0) is 14.6 Å². The summed E-state index contributed by atoms with van der Waals surface area (Å²) in [6.07, 6.45) is 0. The van der Waals surface area contributed by atoms with Crippen molar-refractivity contribution >= 4 is 15.7 Å². The molecule has 27 heavy (non-hydrogen) atoms. The zero-order valence-electron chi connectivity index (χ0n) is 14.9. The van der Waals surface area contributed by atoms with Gasteiger partial charge in [0.1, 0.15) is 5.82 Å². The number of sulfone groups is 1. The van der Waals surface area contributed by atoms with Gasteiger partial charge in [-0.3, -0.25) is 0 Å². The van der Waals surface area contributed by atoms with Crippen LogP contribution in [0.4, 0.5) is 10.3 Å². The third-order valence-corrected chi connectivity index (χ3v) is 5.60. The largest absolute Gasteiger partial charge is 0.419 e. The van der Waals surface area contributed by atoms with Crippen molar-refractivity contribution in [2.75, 3.05) is 25.6 Å². The molecule has 0 aliphatic rings. The molecule has 6 nitrogen and oxygen atoms in total. The number of hydrogen-bond donors (Lipinski definition) is 1. The predicted octanol–water partition coefficient (Wildman–Crippen LogP) is 3.68. The number of oxazole rings is 1. The van der Waals surface area contributed by atoms with Gasteiger partial charge in [0, 0.05) is 19.2 Å². The molecular formula is C19H19FN2O4S. The molecule has 1 N–H and O–H groups in total. The second kappa shape index (κ2) is 7.89. The number of ether oxygens (including phenoxy) is 1. The van der Waals surface area contributed by atoms with Gasteiger partial charge in [-0.05, 0) is 36.8 Å². The number of hydrogen-bond acceptors (Lipinski definition) is 6. The molecule has 0 aliphatic heterocycles. The first-order valence-electron chi connectivity index (χ1n) is 8.24. The smallest absolute Gasteiger partial charge is 0.233 e. The van der Waals surface area contributed by atoms with Gasteiger partial charge in [0.15, 0.2) is 0 Å². The van der Waals surface area contributed by atoms with Crippen molar-refractivity contribution in [3.05, 3.63) is 59.9 Å². The van der Waals surface area contributed by atoms with Crippen LogP contribution in [0.15, 0.2) is 62.9 Å². The van der Waals surface area contributed by atoms with Crippen molar-refractivity contribution < 1.29 is 22.0 Å². The molecule has 0 radical (unpaired) electrons. The van der Waals surface area contributed by atoms with Gasteiger partial charge < -0.3 is 14.5 Å². The Labute approximate surface area is 156 Å². The molecule has 2 aromatic carbocycles. The summed E-state index contributed by atoms with van der Waals surface area (Å²) in [7, 11) is -2.39. The number of aromatic nitrogens is 1. The van der Waals surface area contributed by atoms with E-state index in [1.54, 1.807) is 31.2 Å². The van der Waals surface area contributed by atoms with E-state index < -0.39 is 15.7 Å². The molecule has 0 amide bonds. The lowest BCUT2D eigenvalue weighted by Crippen LogP contribution is -2.11. The van der Waals surface area contributed by atoms with Crippen LogP contribution in [0.1, 0.15) is 5.56 Å². The highest BCUT2D eigenvalue weighted by Crippen LogP contribution is 2.33. The Kier molecular flexibility index (Phi) is 5.57. The highest BCUT2D eigenvalue weighted by atomic mass is 32.2. The summed E-state index contributed by atoms with van der Waals surface area (Å²) in [4.78, 5) is 4.28. The molecule has 1 heterocycles. The van der Waals surface area contributed by atoms with Crippen molar-refractivity contribution in [1.82, 2.24) is 4.98 Å². The van der Waals surface area contributed by atoms with Crippen molar-refractivity contribution in [2.45, 2.75) is 16.8 Å². The van der Waals surface area contributed by atoms with Crippen LogP contribution in [0.2, 0.25) is 0 Å². The Morgan fingerprint density at radius 2 is 1.93 bits per heavy atom. The molecular weight excluding hydrogens is 371 g/mol. The highest BCUT2D eigenvalue weighted by molar-refractivity contribution is 7.91. The SMILES string of the molecule is COCCNc1oc(-c2cc(F)ccc2C)nc1S(=O)(=O)c1ccccc1. The van der Waals surface area contributed by atoms with Crippen molar-refractivity contribution in [3.63, 3.8) is 0 Å². The summed E-state index contributed by atoms with van der Waals surface area (Å²) in [5, 5.41) is 2.64. The molecule has 0 saturated heterocycles. The minimum atomic E-state index is -3.92. The van der Waals surface area contributed by atoms with E-state index in [4.69, 9.17) is 9.15 Å². The Bertz CT molecular complexity index is 1030. The third-order valence-electron chi connectivity index (χ3n) is 3.93. The first-order chi connectivity index (χ1) is 12.9. The lowest BCUT2D eigenvalue weighted by atomic mass is 10.1. The van der Waals surface area contributed by atoms with Crippen LogP contribution < -0.4 is 5.32 Å². The van der Waals surface area contributed by atoms with Crippen LogP contribution >= 0.6 is 0 Å². The second-order valence-corrected chi connectivity index (χ2v) is 7.71. The average molecular weight is 390 g/mol. The predicted molar refractivity (Wildman–Crippen MR) is 98.9 cm³/mol. The maximum atomic E-state index is 13.7. The molecule has 1 aromatic heterocycles. The van der Waals surface area contributed by atoms with Gasteiger partial charge >= 0.3 is 0 Å². The molecule has 3 aromatic rings. The Balaban J connectivity index is 2.11. The average Bonchev–Trinajstić information content (AvgIpc) is 3.09. The number of benzene rings is 2. The minimum Gasteiger partial charge on any atom is -0.419 e. The van der Waals surface area contributed by atoms with Crippen molar-refractivity contribution in [3.8, 4) is 11.5 Å². The van der Waals surface area contributed by atoms with E-state index in [0.717, 1.165) is 0 Å². The van der Waals surface area contributed by atoms with Gasteiger partial charge in [-0.1, -0.05) is 24.3 Å². The zero-order chi connectivity index (χ0) is 19.4. The maximum absolute atomic E-state index is 13.7. The number of nitrogens with one attached hydrogen (secondary N) is 1. The molecule has 142 valence electrons. The first-order valence-corrected chi connectivity index (χ1v) is 9.72. The van der Waals surface area contributed by atoms with Gasteiger partial charge in [-0.15, -0.1) is 0 Å². The van der Waals surface area contributed by atoms with Crippen molar-refractivity contribution in [1.29, 1.82) is 0 Å². The number of halogens is 1. The van der Waals surface area contributed by atoms with Gasteiger partial charge in [-0.2, -0.15) is 4.98 Å². The summed E-state index contributed by atoms with van der Waals surface area (Å²) < 4.78 is 50.3. The molecule has 8 heteroatoms. The van der Waals surface area contributed by atoms with E-state index in [2.05, 4.69) is 10.3 Å². The third kappa shape index (κ3) is 4.01. The van der Waals surface area contributed by atoms with Gasteiger partial charge in [0.05, 0.1) is 11.5 Å². The van der Waals surface area contributed by atoms with Crippen molar-refractivity contribution in [2.24, 2.45) is 0 Å². The Morgan fingerprint density at radius 1 is 1.19 bits per heavy atom. The fourth-order valence-electron chi connectivity index (χ4n) is 2.52. The highest BCUT2D eigenvalue weighted by Gasteiger charge is 2.28. The summed E-state index contributed by atoms with van der Waals surface area (Å²) in [5.41, 5.74) is 1.10. The first kappa shape index (κ1) is 19.1. The van der Waals surface area contributed by atoms with Gasteiger partial charge in [0.25, 0.3) is 0 Å². The molecule has 0 aliphatic carbocycles. The van der Waals surface area contributed by atoms with Gasteiger partial charge in [0.2, 0.25) is 26.6 Å². The molecule has 0 bridgehead atoms. The number of rotatable bonds is 7. The lowest BCUT2D eigenvalue weighted by molar-refractivity contribution is 0.210. The van der Waals surface area contributed by atoms with E-state index in [1.165, 1.54) is 31.4 Å². The fourth-order valence-corrected chi connectivity index (χ4v) is 3.82. The number of anilines is 1. The minimum absolute atomic E-state index is 0.00503. The Hall–Kier alpha value is -2.71. The van der Waals surface area contributed by atoms with Gasteiger partial charge in [-0.25, -0.2) is 12.8 Å². The van der Waals surface area contributed by atoms with Crippen LogP contribution in [0.3, 0.4) is 0 Å². The van der Waals surface area contributed by atoms with Crippen LogP contribution in [0.5, 0.6) is 0 Å². The molecule has 3 rings (SSSR count). The summed E-state index contributed by atoms with van der Waals surface area (Å²) >= 11 is 0. The standard InChI is InChI=1S/C19H19FN2O4S/c1-13-8-9-14(20)12-16(13)17-22-19(18(26-17)21-10-11-25-2)27(23,24)15-6-4-3-5-7-15/h3-9,12,21H,10-11H2,1-2H3. The number of nitrogens with zero attached hydrogens (tertiary/aromatic N) is 1. The van der Waals surface area contributed by atoms with E-state index in [0.29, 0.717) is 24.3 Å². The summed E-state index contributed by atoms with van der Waals surface area (Å²) in [6, 6.07) is 12.1. The normalized spacial score (nSPS) is 11.5. The lowest BCUT2D eigenvalue weighted by Gasteiger charge is -2.05. The fraction of sp³-hybridized carbons (Fsp3) is 0.211. The van der Waals surface area contributed by atoms with E-state index in [1.807, 2.05) is 0 Å². The van der Waals surface area contributed by atoms with Crippen LogP contribution in [-0.4, -0.2) is 33.7 Å². The van der Waals surface area contributed by atoms with Crippen LogP contribution in [0, 0.1) is 12.7 Å². The topological polar surface area (TPSA) is 81.4 Å².